The van der Waals surface area contributed by atoms with Crippen LogP contribution < -0.4 is 5.32 Å². The molecule has 1 aromatic rings. The number of rotatable bonds is 3. The molecule has 1 fully saturated rings. The lowest BCUT2D eigenvalue weighted by Gasteiger charge is -2.45. The Balaban J connectivity index is 2.32. The zero-order valence-electron chi connectivity index (χ0n) is 12.7. The van der Waals surface area contributed by atoms with Crippen LogP contribution in [0, 0.1) is 11.7 Å². The second-order valence-corrected chi connectivity index (χ2v) is 6.19. The van der Waals surface area contributed by atoms with Crippen molar-refractivity contribution < 1.29 is 14.0 Å². The Hall–Kier alpha value is -1.98. The van der Waals surface area contributed by atoms with E-state index in [9.17, 15) is 14.0 Å². The predicted molar refractivity (Wildman–Crippen MR) is 75.6 cm³/mol. The molecule has 1 aliphatic rings. The van der Waals surface area contributed by atoms with Gasteiger partial charge in [-0.1, -0.05) is 13.8 Å². The van der Waals surface area contributed by atoms with Crippen molar-refractivity contribution in [1.29, 1.82) is 0 Å². The van der Waals surface area contributed by atoms with Crippen LogP contribution in [0.15, 0.2) is 18.5 Å². The fourth-order valence-electron chi connectivity index (χ4n) is 2.40. The molecule has 0 bridgehead atoms. The predicted octanol–water partition coefficient (Wildman–Crippen LogP) is 1.48. The molecule has 21 heavy (non-hydrogen) atoms. The largest absolute Gasteiger partial charge is 0.342 e. The Labute approximate surface area is 123 Å². The van der Waals surface area contributed by atoms with Crippen LogP contribution in [-0.4, -0.2) is 33.3 Å². The summed E-state index contributed by atoms with van der Waals surface area (Å²) in [5.74, 6) is -0.825. The summed E-state index contributed by atoms with van der Waals surface area (Å²) in [5, 5.41) is 2.76. The number of nitrogens with one attached hydrogen (secondary N) is 1. The average Bonchev–Trinajstić information content (AvgIpc) is 2.39. The molecule has 0 radical (unpaired) electrons. The van der Waals surface area contributed by atoms with E-state index in [1.54, 1.807) is 13.8 Å². The third-order valence-electron chi connectivity index (χ3n) is 3.82. The van der Waals surface area contributed by atoms with Crippen LogP contribution >= 0.6 is 0 Å². The van der Waals surface area contributed by atoms with Crippen molar-refractivity contribution in [2.45, 2.75) is 45.8 Å². The summed E-state index contributed by atoms with van der Waals surface area (Å²) >= 11 is 0. The highest BCUT2D eigenvalue weighted by atomic mass is 19.1. The van der Waals surface area contributed by atoms with Crippen LogP contribution in [0.5, 0.6) is 0 Å². The van der Waals surface area contributed by atoms with Crippen molar-refractivity contribution in [2.24, 2.45) is 5.92 Å². The Kier molecular flexibility index (Phi) is 3.98. The number of carbonyl (C=O) groups excluding carboxylic acids is 2. The van der Waals surface area contributed by atoms with Gasteiger partial charge in [-0.25, -0.2) is 4.39 Å². The second-order valence-electron chi connectivity index (χ2n) is 6.19. The number of amides is 2. The molecule has 0 aromatic carbocycles. The third kappa shape index (κ3) is 2.89. The molecule has 5 nitrogen and oxygen atoms in total. The minimum atomic E-state index is -0.977. The van der Waals surface area contributed by atoms with Gasteiger partial charge in [-0.3, -0.25) is 14.6 Å². The molecule has 2 amide bonds. The SMILES string of the molecule is CC(C)C1NC(=O)C(C)(C)N(Cc2cncc(F)c2)C1=O. The van der Waals surface area contributed by atoms with Gasteiger partial charge in [0.25, 0.3) is 0 Å². The summed E-state index contributed by atoms with van der Waals surface area (Å²) in [6.45, 7) is 7.28. The van der Waals surface area contributed by atoms with Gasteiger partial charge in [0.1, 0.15) is 17.4 Å². The second kappa shape index (κ2) is 5.42. The van der Waals surface area contributed by atoms with Gasteiger partial charge in [-0.15, -0.1) is 0 Å². The van der Waals surface area contributed by atoms with Crippen LogP contribution in [-0.2, 0) is 16.1 Å². The van der Waals surface area contributed by atoms with Gasteiger partial charge in [0.05, 0.1) is 6.20 Å². The number of carbonyl (C=O) groups is 2. The molecule has 1 aliphatic heterocycles. The van der Waals surface area contributed by atoms with Gasteiger partial charge in [-0.05, 0) is 31.4 Å². The van der Waals surface area contributed by atoms with Gasteiger partial charge in [0.15, 0.2) is 0 Å². The topological polar surface area (TPSA) is 62.3 Å². The van der Waals surface area contributed by atoms with Gasteiger partial charge in [0.2, 0.25) is 11.8 Å². The van der Waals surface area contributed by atoms with Crippen molar-refractivity contribution in [1.82, 2.24) is 15.2 Å². The summed E-state index contributed by atoms with van der Waals surface area (Å²) in [6, 6.07) is 0.778. The molecule has 1 N–H and O–H groups in total. The summed E-state index contributed by atoms with van der Waals surface area (Å²) in [7, 11) is 0. The number of halogens is 1. The van der Waals surface area contributed by atoms with Crippen molar-refractivity contribution >= 4 is 11.8 Å². The maximum Gasteiger partial charge on any atom is 0.246 e. The lowest BCUT2D eigenvalue weighted by atomic mass is 9.91. The van der Waals surface area contributed by atoms with Gasteiger partial charge >= 0.3 is 0 Å². The molecule has 6 heteroatoms. The van der Waals surface area contributed by atoms with Gasteiger partial charge < -0.3 is 10.2 Å². The van der Waals surface area contributed by atoms with Crippen LogP contribution in [0.4, 0.5) is 4.39 Å². The standard InChI is InChI=1S/C15H20FN3O2/c1-9(2)12-13(20)19(15(3,4)14(21)18-12)8-10-5-11(16)7-17-6-10/h5-7,9,12H,8H2,1-4H3,(H,18,21). The molecule has 1 aromatic heterocycles. The summed E-state index contributed by atoms with van der Waals surface area (Å²) in [6.07, 6.45) is 2.61. The lowest BCUT2D eigenvalue weighted by Crippen LogP contribution is -2.69. The van der Waals surface area contributed by atoms with Crippen molar-refractivity contribution in [3.63, 3.8) is 0 Å². The Morgan fingerprint density at radius 1 is 1.38 bits per heavy atom. The monoisotopic (exact) mass is 293 g/mol. The molecule has 2 rings (SSSR count). The average molecular weight is 293 g/mol. The van der Waals surface area contributed by atoms with E-state index < -0.39 is 17.4 Å². The number of aromatic nitrogens is 1. The number of pyridine rings is 1. The van der Waals surface area contributed by atoms with Crippen molar-refractivity contribution in [3.05, 3.63) is 29.8 Å². The molecular weight excluding hydrogens is 273 g/mol. The number of hydrogen-bond acceptors (Lipinski definition) is 3. The molecule has 0 spiro atoms. The van der Waals surface area contributed by atoms with Crippen molar-refractivity contribution in [2.75, 3.05) is 0 Å². The lowest BCUT2D eigenvalue weighted by molar-refractivity contribution is -0.157. The van der Waals surface area contributed by atoms with E-state index in [2.05, 4.69) is 10.3 Å². The first-order valence-electron chi connectivity index (χ1n) is 6.95. The number of nitrogens with zero attached hydrogens (tertiary/aromatic N) is 2. The minimum absolute atomic E-state index is 0.00863. The van der Waals surface area contributed by atoms with E-state index >= 15 is 0 Å². The number of piperazine rings is 1. The van der Waals surface area contributed by atoms with E-state index in [-0.39, 0.29) is 24.3 Å². The highest BCUT2D eigenvalue weighted by molar-refractivity contribution is 5.99. The third-order valence-corrected chi connectivity index (χ3v) is 3.82. The molecular formula is C15H20FN3O2. The molecule has 2 heterocycles. The van der Waals surface area contributed by atoms with Crippen LogP contribution in [0.1, 0.15) is 33.3 Å². The van der Waals surface area contributed by atoms with E-state index in [1.165, 1.54) is 17.2 Å². The zero-order chi connectivity index (χ0) is 15.8. The molecule has 0 aliphatic carbocycles. The smallest absolute Gasteiger partial charge is 0.246 e. The molecule has 1 atom stereocenters. The fraction of sp³-hybridized carbons (Fsp3) is 0.533. The minimum Gasteiger partial charge on any atom is -0.342 e. The van der Waals surface area contributed by atoms with Gasteiger partial charge in [-0.2, -0.15) is 0 Å². The molecule has 114 valence electrons. The Morgan fingerprint density at radius 2 is 2.05 bits per heavy atom. The van der Waals surface area contributed by atoms with Crippen LogP contribution in [0.25, 0.3) is 0 Å². The summed E-state index contributed by atoms with van der Waals surface area (Å²) in [5.41, 5.74) is -0.414. The number of hydrogen-bond donors (Lipinski definition) is 1. The van der Waals surface area contributed by atoms with E-state index in [0.717, 1.165) is 6.20 Å². The molecule has 0 saturated carbocycles. The Morgan fingerprint density at radius 3 is 2.62 bits per heavy atom. The first-order valence-corrected chi connectivity index (χ1v) is 6.95. The van der Waals surface area contributed by atoms with Crippen LogP contribution in [0.3, 0.4) is 0 Å². The maximum atomic E-state index is 13.2. The highest BCUT2D eigenvalue weighted by Crippen LogP contribution is 2.25. The van der Waals surface area contributed by atoms with E-state index in [0.29, 0.717) is 5.56 Å². The van der Waals surface area contributed by atoms with E-state index in [1.807, 2.05) is 13.8 Å². The Bertz CT molecular complexity index is 572. The maximum absolute atomic E-state index is 13.2. The fourth-order valence-corrected chi connectivity index (χ4v) is 2.40. The highest BCUT2D eigenvalue weighted by Gasteiger charge is 2.46. The zero-order valence-corrected chi connectivity index (χ0v) is 12.7. The first kappa shape index (κ1) is 15.4. The summed E-state index contributed by atoms with van der Waals surface area (Å²) in [4.78, 5) is 30.1. The first-order chi connectivity index (χ1) is 9.73. The summed E-state index contributed by atoms with van der Waals surface area (Å²) < 4.78 is 13.2. The van der Waals surface area contributed by atoms with Gasteiger partial charge in [0, 0.05) is 12.7 Å². The quantitative estimate of drug-likeness (QED) is 0.918. The molecule has 1 unspecified atom stereocenters. The molecule has 1 saturated heterocycles. The van der Waals surface area contributed by atoms with E-state index in [4.69, 9.17) is 0 Å². The van der Waals surface area contributed by atoms with Crippen LogP contribution in [0.2, 0.25) is 0 Å². The van der Waals surface area contributed by atoms with Crippen molar-refractivity contribution in [3.8, 4) is 0 Å². The normalized spacial score (nSPS) is 21.6.